The minimum absolute atomic E-state index is 0.145. The van der Waals surface area contributed by atoms with Gasteiger partial charge in [-0.15, -0.1) is 0 Å². The van der Waals surface area contributed by atoms with E-state index in [-0.39, 0.29) is 5.78 Å². The summed E-state index contributed by atoms with van der Waals surface area (Å²) >= 11 is 0. The molecule has 0 unspecified atom stereocenters. The molecule has 0 bridgehead atoms. The molecule has 1 rings (SSSR count). The van der Waals surface area contributed by atoms with E-state index in [0.29, 0.717) is 12.8 Å². The van der Waals surface area contributed by atoms with Crippen molar-refractivity contribution in [1.82, 2.24) is 5.32 Å². The average Bonchev–Trinajstić information content (AvgIpc) is 2.80. The summed E-state index contributed by atoms with van der Waals surface area (Å²) in [5, 5.41) is 2.59. The van der Waals surface area contributed by atoms with Gasteiger partial charge in [0, 0.05) is 0 Å². The van der Waals surface area contributed by atoms with Crippen LogP contribution in [0.1, 0.15) is 33.6 Å². The van der Waals surface area contributed by atoms with E-state index >= 15 is 0 Å². The maximum Gasteiger partial charge on any atom is 0.408 e. The number of carbonyl (C=O) groups excluding carboxylic acids is 2. The van der Waals surface area contributed by atoms with E-state index in [1.807, 2.05) is 0 Å². The average molecular weight is 211 g/mol. The molecule has 0 saturated heterocycles. The highest BCUT2D eigenvalue weighted by atomic mass is 16.6. The molecule has 1 fully saturated rings. The molecular formula is C11H17NO3. The summed E-state index contributed by atoms with van der Waals surface area (Å²) in [6, 6.07) is 0. The van der Waals surface area contributed by atoms with Crippen LogP contribution < -0.4 is 5.32 Å². The molecule has 0 aliphatic heterocycles. The van der Waals surface area contributed by atoms with Gasteiger partial charge in [-0.2, -0.15) is 0 Å². The second-order valence-corrected chi connectivity index (χ2v) is 4.78. The van der Waals surface area contributed by atoms with Gasteiger partial charge in [0.25, 0.3) is 0 Å². The second kappa shape index (κ2) is 3.68. The van der Waals surface area contributed by atoms with E-state index in [4.69, 9.17) is 4.74 Å². The Bertz CT molecular complexity index is 297. The van der Waals surface area contributed by atoms with Gasteiger partial charge in [-0.3, -0.25) is 4.79 Å². The zero-order valence-electron chi connectivity index (χ0n) is 9.42. The maximum atomic E-state index is 11.4. The first-order chi connectivity index (χ1) is 6.79. The van der Waals surface area contributed by atoms with Crippen LogP contribution in [0.2, 0.25) is 0 Å². The number of nitrogens with one attached hydrogen (secondary N) is 1. The fourth-order valence-electron chi connectivity index (χ4n) is 1.25. The highest BCUT2D eigenvalue weighted by molar-refractivity contribution is 6.01. The van der Waals surface area contributed by atoms with Crippen LogP contribution in [0.25, 0.3) is 0 Å². The lowest BCUT2D eigenvalue weighted by molar-refractivity contribution is -0.117. The number of amides is 1. The lowest BCUT2D eigenvalue weighted by atomic mass is 10.1. The maximum absolute atomic E-state index is 11.4. The van der Waals surface area contributed by atoms with Crippen molar-refractivity contribution in [2.45, 2.75) is 44.8 Å². The quantitative estimate of drug-likeness (QED) is 0.724. The third-order valence-corrected chi connectivity index (χ3v) is 2.15. The Morgan fingerprint density at radius 1 is 1.40 bits per heavy atom. The van der Waals surface area contributed by atoms with Gasteiger partial charge in [0.05, 0.1) is 0 Å². The van der Waals surface area contributed by atoms with Crippen LogP contribution in [0.3, 0.4) is 0 Å². The standard InChI is InChI=1S/C11H17NO3/c1-5-8(13)11(6-7-11)12-9(14)15-10(2,3)4/h5H,1,6-7H2,2-4H3,(H,12,14). The number of ketones is 1. The number of ether oxygens (including phenoxy) is 1. The summed E-state index contributed by atoms with van der Waals surface area (Å²) in [7, 11) is 0. The minimum Gasteiger partial charge on any atom is -0.444 e. The molecule has 1 aliphatic rings. The molecule has 0 aromatic rings. The lowest BCUT2D eigenvalue weighted by Crippen LogP contribution is -2.44. The molecule has 1 aliphatic carbocycles. The van der Waals surface area contributed by atoms with E-state index in [9.17, 15) is 9.59 Å². The van der Waals surface area contributed by atoms with Crippen LogP contribution in [-0.4, -0.2) is 23.0 Å². The normalized spacial score (nSPS) is 17.8. The summed E-state index contributed by atoms with van der Waals surface area (Å²) in [4.78, 5) is 22.8. The number of hydrogen-bond donors (Lipinski definition) is 1. The van der Waals surface area contributed by atoms with Crippen molar-refractivity contribution in [1.29, 1.82) is 0 Å². The number of hydrogen-bond acceptors (Lipinski definition) is 3. The monoisotopic (exact) mass is 211 g/mol. The fraction of sp³-hybridized carbons (Fsp3) is 0.636. The van der Waals surface area contributed by atoms with Crippen LogP contribution in [-0.2, 0) is 9.53 Å². The highest BCUT2D eigenvalue weighted by Gasteiger charge is 2.50. The first-order valence-electron chi connectivity index (χ1n) is 4.97. The van der Waals surface area contributed by atoms with Crippen LogP contribution in [0.5, 0.6) is 0 Å². The SMILES string of the molecule is C=CC(=O)C1(NC(=O)OC(C)(C)C)CC1. The minimum atomic E-state index is -0.732. The van der Waals surface area contributed by atoms with Crippen molar-refractivity contribution in [3.05, 3.63) is 12.7 Å². The van der Waals surface area contributed by atoms with Gasteiger partial charge in [-0.05, 0) is 39.7 Å². The molecule has 1 saturated carbocycles. The Labute approximate surface area is 89.7 Å². The van der Waals surface area contributed by atoms with Crippen LogP contribution in [0.15, 0.2) is 12.7 Å². The summed E-state index contributed by atoms with van der Waals surface area (Å²) in [6.45, 7) is 8.74. The molecule has 84 valence electrons. The largest absolute Gasteiger partial charge is 0.444 e. The molecule has 15 heavy (non-hydrogen) atoms. The molecule has 0 atom stereocenters. The van der Waals surface area contributed by atoms with Crippen LogP contribution in [0, 0.1) is 0 Å². The van der Waals surface area contributed by atoms with Crippen molar-refractivity contribution in [2.24, 2.45) is 0 Å². The van der Waals surface area contributed by atoms with Gasteiger partial charge >= 0.3 is 6.09 Å². The number of carbonyl (C=O) groups is 2. The second-order valence-electron chi connectivity index (χ2n) is 4.78. The molecule has 0 aromatic heterocycles. The molecule has 1 N–H and O–H groups in total. The van der Waals surface area contributed by atoms with E-state index in [1.165, 1.54) is 6.08 Å². The molecule has 0 spiro atoms. The van der Waals surface area contributed by atoms with Crippen LogP contribution >= 0.6 is 0 Å². The van der Waals surface area contributed by atoms with E-state index < -0.39 is 17.2 Å². The highest BCUT2D eigenvalue weighted by Crippen LogP contribution is 2.36. The summed E-state index contributed by atoms with van der Waals surface area (Å²) in [5.74, 6) is -0.145. The summed E-state index contributed by atoms with van der Waals surface area (Å²) < 4.78 is 5.07. The number of alkyl carbamates (subject to hydrolysis) is 1. The molecule has 1 amide bonds. The Balaban J connectivity index is 2.52. The molecule has 4 heteroatoms. The van der Waals surface area contributed by atoms with Crippen molar-refractivity contribution in [3.63, 3.8) is 0 Å². The Hall–Kier alpha value is -1.32. The molecule has 0 heterocycles. The summed E-state index contributed by atoms with van der Waals surface area (Å²) in [5.41, 5.74) is -1.28. The third-order valence-electron chi connectivity index (χ3n) is 2.15. The summed E-state index contributed by atoms with van der Waals surface area (Å²) in [6.07, 6.45) is 2.02. The third kappa shape index (κ3) is 3.08. The van der Waals surface area contributed by atoms with E-state index in [1.54, 1.807) is 20.8 Å². The zero-order chi connectivity index (χ0) is 11.7. The molecule has 4 nitrogen and oxygen atoms in total. The number of rotatable bonds is 3. The van der Waals surface area contributed by atoms with Crippen LogP contribution in [0.4, 0.5) is 4.79 Å². The Kier molecular flexibility index (Phi) is 2.88. The fourth-order valence-corrected chi connectivity index (χ4v) is 1.25. The molecular weight excluding hydrogens is 194 g/mol. The van der Waals surface area contributed by atoms with Gasteiger partial charge in [0.15, 0.2) is 5.78 Å². The Morgan fingerprint density at radius 3 is 2.27 bits per heavy atom. The van der Waals surface area contributed by atoms with E-state index in [0.717, 1.165) is 0 Å². The van der Waals surface area contributed by atoms with Crippen molar-refractivity contribution < 1.29 is 14.3 Å². The Morgan fingerprint density at radius 2 is 1.93 bits per heavy atom. The molecule has 0 radical (unpaired) electrons. The van der Waals surface area contributed by atoms with Gasteiger partial charge in [-0.25, -0.2) is 4.79 Å². The predicted molar refractivity (Wildman–Crippen MR) is 56.5 cm³/mol. The first-order valence-corrected chi connectivity index (χ1v) is 4.97. The topological polar surface area (TPSA) is 55.4 Å². The van der Waals surface area contributed by atoms with Gasteiger partial charge in [0.1, 0.15) is 11.1 Å². The van der Waals surface area contributed by atoms with Crippen molar-refractivity contribution in [3.8, 4) is 0 Å². The van der Waals surface area contributed by atoms with Gasteiger partial charge < -0.3 is 10.1 Å². The smallest absolute Gasteiger partial charge is 0.408 e. The van der Waals surface area contributed by atoms with Crippen molar-refractivity contribution >= 4 is 11.9 Å². The van der Waals surface area contributed by atoms with Crippen molar-refractivity contribution in [2.75, 3.05) is 0 Å². The zero-order valence-corrected chi connectivity index (χ0v) is 9.42. The first kappa shape index (κ1) is 11.8. The van der Waals surface area contributed by atoms with E-state index in [2.05, 4.69) is 11.9 Å². The lowest BCUT2D eigenvalue weighted by Gasteiger charge is -2.22. The van der Waals surface area contributed by atoms with Gasteiger partial charge in [-0.1, -0.05) is 6.58 Å². The molecule has 0 aromatic carbocycles. The predicted octanol–water partition coefficient (Wildman–Crippen LogP) is 1.80. The van der Waals surface area contributed by atoms with Gasteiger partial charge in [0.2, 0.25) is 0 Å².